The smallest absolute Gasteiger partial charge is 0.0351 e. The second-order valence-electron chi connectivity index (χ2n) is 6.10. The van der Waals surface area contributed by atoms with E-state index in [1.807, 2.05) is 11.3 Å². The van der Waals surface area contributed by atoms with Crippen molar-refractivity contribution >= 4 is 33.6 Å². The normalized spacial score (nSPS) is 11.6. The van der Waals surface area contributed by atoms with Crippen molar-refractivity contribution in [2.75, 3.05) is 0 Å². The molecular formula is C22H24S. The molecule has 2 aromatic carbocycles. The van der Waals surface area contributed by atoms with Crippen molar-refractivity contribution in [1.29, 1.82) is 0 Å². The Kier molecular flexibility index (Phi) is 5.30. The quantitative estimate of drug-likeness (QED) is 0.459. The molecule has 0 atom stereocenters. The molecule has 0 bridgehead atoms. The first-order chi connectivity index (χ1) is 11.3. The van der Waals surface area contributed by atoms with Gasteiger partial charge in [-0.05, 0) is 53.1 Å². The molecule has 0 spiro atoms. The first-order valence-electron chi connectivity index (χ1n) is 8.58. The van der Waals surface area contributed by atoms with Crippen molar-refractivity contribution in [2.24, 2.45) is 0 Å². The van der Waals surface area contributed by atoms with Gasteiger partial charge in [0.05, 0.1) is 0 Å². The molecule has 0 aliphatic rings. The van der Waals surface area contributed by atoms with E-state index in [9.17, 15) is 0 Å². The van der Waals surface area contributed by atoms with Gasteiger partial charge in [-0.2, -0.15) is 0 Å². The summed E-state index contributed by atoms with van der Waals surface area (Å²) >= 11 is 1.88. The molecule has 1 heterocycles. The molecule has 0 N–H and O–H groups in total. The van der Waals surface area contributed by atoms with E-state index in [0.29, 0.717) is 0 Å². The van der Waals surface area contributed by atoms with Crippen molar-refractivity contribution in [3.8, 4) is 0 Å². The average Bonchev–Trinajstić information content (AvgIpc) is 2.97. The van der Waals surface area contributed by atoms with Crippen LogP contribution in [0.4, 0.5) is 0 Å². The molecule has 0 fully saturated rings. The lowest BCUT2D eigenvalue weighted by atomic mass is 10.1. The third kappa shape index (κ3) is 4.11. The number of rotatable bonds is 6. The average molecular weight is 321 g/mol. The van der Waals surface area contributed by atoms with Crippen LogP contribution in [0.25, 0.3) is 22.2 Å². The maximum Gasteiger partial charge on any atom is 0.0351 e. The van der Waals surface area contributed by atoms with E-state index in [-0.39, 0.29) is 0 Å². The molecule has 118 valence electrons. The molecule has 0 nitrogen and oxygen atoms in total. The minimum Gasteiger partial charge on any atom is -0.136 e. The van der Waals surface area contributed by atoms with Crippen LogP contribution in [0.2, 0.25) is 0 Å². The van der Waals surface area contributed by atoms with Crippen LogP contribution in [0.5, 0.6) is 0 Å². The fraction of sp³-hybridized carbons (Fsp3) is 0.273. The van der Waals surface area contributed by atoms with Crippen molar-refractivity contribution in [1.82, 2.24) is 0 Å². The molecule has 0 saturated carbocycles. The van der Waals surface area contributed by atoms with Crippen LogP contribution >= 0.6 is 11.3 Å². The highest BCUT2D eigenvalue weighted by Gasteiger charge is 2.01. The predicted octanol–water partition coefficient (Wildman–Crippen LogP) is 6.98. The van der Waals surface area contributed by atoms with E-state index in [1.165, 1.54) is 57.3 Å². The Bertz CT molecular complexity index is 790. The van der Waals surface area contributed by atoms with Crippen LogP contribution in [0.3, 0.4) is 0 Å². The van der Waals surface area contributed by atoms with E-state index >= 15 is 0 Å². The van der Waals surface area contributed by atoms with Crippen molar-refractivity contribution < 1.29 is 0 Å². The van der Waals surface area contributed by atoms with Crippen molar-refractivity contribution in [3.05, 3.63) is 70.1 Å². The summed E-state index contributed by atoms with van der Waals surface area (Å²) in [7, 11) is 0. The fourth-order valence-electron chi connectivity index (χ4n) is 2.88. The van der Waals surface area contributed by atoms with Gasteiger partial charge in [0.1, 0.15) is 0 Å². The SMILES string of the molecule is CCCc1ccc(/C=C/c2cc3ccc(CCC)cc3s2)cc1. The van der Waals surface area contributed by atoms with Gasteiger partial charge in [0.15, 0.2) is 0 Å². The summed E-state index contributed by atoms with van der Waals surface area (Å²) in [5, 5.41) is 1.35. The highest BCUT2D eigenvalue weighted by molar-refractivity contribution is 7.19. The Morgan fingerprint density at radius 3 is 2.22 bits per heavy atom. The molecule has 3 rings (SSSR count). The van der Waals surface area contributed by atoms with E-state index < -0.39 is 0 Å². The van der Waals surface area contributed by atoms with Crippen LogP contribution in [-0.4, -0.2) is 0 Å². The van der Waals surface area contributed by atoms with Crippen molar-refractivity contribution in [3.63, 3.8) is 0 Å². The molecule has 0 unspecified atom stereocenters. The summed E-state index contributed by atoms with van der Waals surface area (Å²) < 4.78 is 1.40. The molecule has 0 aliphatic carbocycles. The Labute approximate surface area is 143 Å². The van der Waals surface area contributed by atoms with Gasteiger partial charge in [-0.1, -0.05) is 69.2 Å². The maximum absolute atomic E-state index is 2.35. The van der Waals surface area contributed by atoms with Gasteiger partial charge in [0.2, 0.25) is 0 Å². The molecule has 0 aliphatic heterocycles. The largest absolute Gasteiger partial charge is 0.136 e. The number of fused-ring (bicyclic) bond motifs is 1. The van der Waals surface area contributed by atoms with Crippen LogP contribution in [0, 0.1) is 0 Å². The number of hydrogen-bond acceptors (Lipinski definition) is 1. The second-order valence-corrected chi connectivity index (χ2v) is 7.21. The summed E-state index contributed by atoms with van der Waals surface area (Å²) in [6.07, 6.45) is 9.20. The second kappa shape index (κ2) is 7.61. The number of benzene rings is 2. The van der Waals surface area contributed by atoms with Crippen LogP contribution in [0.1, 0.15) is 48.3 Å². The van der Waals surface area contributed by atoms with Gasteiger partial charge in [-0.25, -0.2) is 0 Å². The lowest BCUT2D eigenvalue weighted by molar-refractivity contribution is 0.922. The van der Waals surface area contributed by atoms with Gasteiger partial charge in [-0.15, -0.1) is 11.3 Å². The summed E-state index contributed by atoms with van der Waals surface area (Å²) in [6, 6.07) is 18.1. The molecular weight excluding hydrogens is 296 g/mol. The van der Waals surface area contributed by atoms with E-state index in [4.69, 9.17) is 0 Å². The van der Waals surface area contributed by atoms with Gasteiger partial charge < -0.3 is 0 Å². The molecule has 3 aromatic rings. The zero-order valence-corrected chi connectivity index (χ0v) is 14.8. The van der Waals surface area contributed by atoms with Gasteiger partial charge >= 0.3 is 0 Å². The highest BCUT2D eigenvalue weighted by atomic mass is 32.1. The molecule has 23 heavy (non-hydrogen) atoms. The topological polar surface area (TPSA) is 0 Å². The van der Waals surface area contributed by atoms with E-state index in [0.717, 1.165) is 0 Å². The van der Waals surface area contributed by atoms with Crippen LogP contribution < -0.4 is 0 Å². The standard InChI is InChI=1S/C22H24S/c1-3-5-17-7-9-18(10-8-17)12-14-21-16-20-13-11-19(6-4-2)15-22(20)23-21/h7-16H,3-6H2,1-2H3/b14-12+. The Hall–Kier alpha value is -1.86. The summed E-state index contributed by atoms with van der Waals surface area (Å²) in [6.45, 7) is 4.46. The number of thiophene rings is 1. The highest BCUT2D eigenvalue weighted by Crippen LogP contribution is 2.28. The molecule has 0 saturated heterocycles. The van der Waals surface area contributed by atoms with Gasteiger partial charge in [0, 0.05) is 9.58 Å². The monoisotopic (exact) mass is 320 g/mol. The minimum atomic E-state index is 1.17. The maximum atomic E-state index is 2.35. The first kappa shape index (κ1) is 16.0. The summed E-state index contributed by atoms with van der Waals surface area (Å²) in [5.41, 5.74) is 4.15. The van der Waals surface area contributed by atoms with E-state index in [1.54, 1.807) is 0 Å². The fourth-order valence-corrected chi connectivity index (χ4v) is 3.92. The first-order valence-corrected chi connectivity index (χ1v) is 9.39. The Morgan fingerprint density at radius 1 is 0.783 bits per heavy atom. The Balaban J connectivity index is 1.77. The third-order valence-electron chi connectivity index (χ3n) is 4.10. The zero-order chi connectivity index (χ0) is 16.1. The van der Waals surface area contributed by atoms with Crippen molar-refractivity contribution in [2.45, 2.75) is 39.5 Å². The third-order valence-corrected chi connectivity index (χ3v) is 5.16. The zero-order valence-electron chi connectivity index (χ0n) is 14.0. The summed E-state index contributed by atoms with van der Waals surface area (Å²) in [4.78, 5) is 1.33. The number of hydrogen-bond donors (Lipinski definition) is 0. The predicted molar refractivity (Wildman–Crippen MR) is 105 cm³/mol. The molecule has 0 amide bonds. The molecule has 1 heteroatoms. The lowest BCUT2D eigenvalue weighted by Gasteiger charge is -1.98. The van der Waals surface area contributed by atoms with Gasteiger partial charge in [0.25, 0.3) is 0 Å². The van der Waals surface area contributed by atoms with E-state index in [2.05, 4.69) is 74.5 Å². The Morgan fingerprint density at radius 2 is 1.48 bits per heavy atom. The molecule has 1 aromatic heterocycles. The van der Waals surface area contributed by atoms with Gasteiger partial charge in [-0.3, -0.25) is 0 Å². The summed E-state index contributed by atoms with van der Waals surface area (Å²) in [5.74, 6) is 0. The van der Waals surface area contributed by atoms with Crippen LogP contribution in [0.15, 0.2) is 48.5 Å². The lowest BCUT2D eigenvalue weighted by Crippen LogP contribution is -1.82. The number of aryl methyl sites for hydroxylation is 2. The minimum absolute atomic E-state index is 1.17. The molecule has 0 radical (unpaired) electrons. The van der Waals surface area contributed by atoms with Crippen LogP contribution in [-0.2, 0) is 12.8 Å².